The van der Waals surface area contributed by atoms with Crippen LogP contribution in [-0.4, -0.2) is 83.6 Å². The number of para-hydroxylation sites is 1. The van der Waals surface area contributed by atoms with Crippen molar-refractivity contribution in [3.8, 4) is 22.2 Å². The Hall–Kier alpha value is -5.02. The average Bonchev–Trinajstić information content (AvgIpc) is 4.05. The van der Waals surface area contributed by atoms with Crippen LogP contribution in [-0.2, 0) is 24.4 Å². The molecule has 4 heterocycles. The number of benzene rings is 2. The average molecular weight is 785 g/mol. The third kappa shape index (κ3) is 7.90. The number of anilines is 1. The van der Waals surface area contributed by atoms with Gasteiger partial charge in [-0.05, 0) is 74.2 Å². The Kier molecular flexibility index (Phi) is 10.2. The maximum atomic E-state index is 14.7. The summed E-state index contributed by atoms with van der Waals surface area (Å²) >= 11 is 1.49. The van der Waals surface area contributed by atoms with Gasteiger partial charge in [-0.1, -0.05) is 49.3 Å². The van der Waals surface area contributed by atoms with E-state index < -0.39 is 50.8 Å². The number of hydrogen-bond acceptors (Lipinski definition) is 11. The van der Waals surface area contributed by atoms with Gasteiger partial charge in [-0.2, -0.15) is 0 Å². The highest BCUT2D eigenvalue weighted by molar-refractivity contribution is 7.91. The van der Waals surface area contributed by atoms with Crippen LogP contribution in [0.5, 0.6) is 11.6 Å². The van der Waals surface area contributed by atoms with Crippen LogP contribution in [0.1, 0.15) is 57.8 Å². The van der Waals surface area contributed by atoms with Crippen LogP contribution in [0.25, 0.3) is 21.6 Å². The molecule has 2 aromatic carbocycles. The van der Waals surface area contributed by atoms with E-state index in [1.54, 1.807) is 30.2 Å². The van der Waals surface area contributed by atoms with Gasteiger partial charge in [0.15, 0.2) is 0 Å². The lowest BCUT2D eigenvalue weighted by atomic mass is 10.0. The number of fused-ring (bicyclic) bond motifs is 3. The maximum absolute atomic E-state index is 14.7. The molecule has 2 aliphatic heterocycles. The number of ether oxygens (including phenoxy) is 2. The van der Waals surface area contributed by atoms with E-state index in [1.807, 2.05) is 60.0 Å². The first-order chi connectivity index (χ1) is 26.6. The van der Waals surface area contributed by atoms with Crippen molar-refractivity contribution in [2.45, 2.75) is 86.8 Å². The topological polar surface area (TPSA) is 169 Å². The summed E-state index contributed by atoms with van der Waals surface area (Å²) in [5.41, 5.74) is 1.07. The number of aromatic nitrogens is 2. The van der Waals surface area contributed by atoms with Gasteiger partial charge in [-0.3, -0.25) is 19.1 Å². The first kappa shape index (κ1) is 36.9. The fourth-order valence-electron chi connectivity index (χ4n) is 7.54. The summed E-state index contributed by atoms with van der Waals surface area (Å²) < 4.78 is 40.1. The smallest absolute Gasteiger partial charge is 0.259 e. The summed E-state index contributed by atoms with van der Waals surface area (Å²) in [5, 5.41) is 7.71. The highest BCUT2D eigenvalue weighted by Crippen LogP contribution is 2.46. The number of sulfonamides is 1. The summed E-state index contributed by atoms with van der Waals surface area (Å²) in [6.45, 7) is 0.0781. The molecular weight excluding hydrogens is 741 g/mol. The van der Waals surface area contributed by atoms with Crippen molar-refractivity contribution in [1.82, 2.24) is 24.9 Å². The zero-order chi connectivity index (χ0) is 38.2. The molecule has 8 rings (SSSR count). The lowest BCUT2D eigenvalue weighted by Crippen LogP contribution is -2.57. The zero-order valence-corrected chi connectivity index (χ0v) is 32.1. The van der Waals surface area contributed by atoms with E-state index in [4.69, 9.17) is 19.4 Å². The SMILES string of the molecule is COc1ccc2nc(O[C@@H]3C[C@H]4C(=O)N[C@]5(C(=O)NS(=O)(=O)C6CC6)C[C@H]5C=CCCCCC[C@H](Nc5ccccc5)C(=O)N4C3)c(-c3cccs3)nc2c1. The molecule has 2 aliphatic carbocycles. The molecular formula is C40H44N6O7S2. The molecule has 0 radical (unpaired) electrons. The molecule has 4 aromatic rings. The van der Waals surface area contributed by atoms with E-state index in [0.717, 1.165) is 36.2 Å². The third-order valence-corrected chi connectivity index (χ3v) is 13.5. The normalized spacial score (nSPS) is 25.9. The molecule has 5 atom stereocenters. The number of methoxy groups -OCH3 is 1. The Morgan fingerprint density at radius 2 is 1.84 bits per heavy atom. The van der Waals surface area contributed by atoms with Gasteiger partial charge in [0.2, 0.25) is 27.7 Å². The molecule has 55 heavy (non-hydrogen) atoms. The summed E-state index contributed by atoms with van der Waals surface area (Å²) in [5.74, 6) is -1.03. The molecule has 1 saturated heterocycles. The minimum absolute atomic E-state index is 0.0781. The van der Waals surface area contributed by atoms with Crippen LogP contribution in [0.15, 0.2) is 78.2 Å². The second kappa shape index (κ2) is 15.3. The Morgan fingerprint density at radius 3 is 2.60 bits per heavy atom. The van der Waals surface area contributed by atoms with Crippen molar-refractivity contribution < 1.29 is 32.3 Å². The fourth-order valence-corrected chi connectivity index (χ4v) is 9.61. The van der Waals surface area contributed by atoms with Crippen molar-refractivity contribution in [3.63, 3.8) is 0 Å². The molecule has 0 unspecified atom stereocenters. The molecule has 0 spiro atoms. The standard InChI is InChI=1S/C40H44N6O7S2/c1-52-27-16-19-30-32(21-27)42-35(34-15-10-20-54-34)37(43-30)53-28-22-33-36(47)44-40(39(49)45-55(50,51)29-17-18-29)23-25(40)11-6-3-2-4-9-14-31(38(48)46(33)24-28)41-26-12-7-5-8-13-26/h5-8,10-13,15-16,19-21,25,28-29,31,33,41H,2-4,9,14,17-18,22-24H2,1H3,(H,44,47)(H,45,49)/t25-,28-,31+,33+,40-/m1/s1. The van der Waals surface area contributed by atoms with Crippen molar-refractivity contribution in [3.05, 3.63) is 78.2 Å². The van der Waals surface area contributed by atoms with Crippen LogP contribution in [0.3, 0.4) is 0 Å². The van der Waals surface area contributed by atoms with Gasteiger partial charge in [-0.25, -0.2) is 18.4 Å². The molecule has 0 bridgehead atoms. The highest BCUT2D eigenvalue weighted by atomic mass is 32.2. The number of amides is 3. The number of nitrogens with one attached hydrogen (secondary N) is 3. The maximum Gasteiger partial charge on any atom is 0.259 e. The van der Waals surface area contributed by atoms with Crippen molar-refractivity contribution in [1.29, 1.82) is 0 Å². The van der Waals surface area contributed by atoms with E-state index in [0.29, 0.717) is 41.7 Å². The van der Waals surface area contributed by atoms with E-state index in [9.17, 15) is 22.8 Å². The van der Waals surface area contributed by atoms with Crippen molar-refractivity contribution in [2.75, 3.05) is 19.0 Å². The van der Waals surface area contributed by atoms with Gasteiger partial charge in [0.25, 0.3) is 5.91 Å². The first-order valence-corrected chi connectivity index (χ1v) is 21.3. The predicted octanol–water partition coefficient (Wildman–Crippen LogP) is 5.20. The minimum Gasteiger partial charge on any atom is -0.497 e. The van der Waals surface area contributed by atoms with Crippen molar-refractivity contribution in [2.24, 2.45) is 5.92 Å². The van der Waals surface area contributed by atoms with Crippen LogP contribution >= 0.6 is 11.3 Å². The molecule has 3 N–H and O–H groups in total. The second-order valence-corrected chi connectivity index (χ2v) is 17.7. The van der Waals surface area contributed by atoms with Gasteiger partial charge in [0.1, 0.15) is 35.2 Å². The van der Waals surface area contributed by atoms with Gasteiger partial charge < -0.3 is 25.0 Å². The van der Waals surface area contributed by atoms with Gasteiger partial charge in [0.05, 0.1) is 34.8 Å². The number of carbonyl (C=O) groups is 3. The molecule has 288 valence electrons. The van der Waals surface area contributed by atoms with E-state index >= 15 is 0 Å². The molecule has 2 aromatic heterocycles. The summed E-state index contributed by atoms with van der Waals surface area (Å²) in [6.07, 6.45) is 8.46. The molecule has 13 nitrogen and oxygen atoms in total. The Labute approximate surface area is 324 Å². The van der Waals surface area contributed by atoms with Crippen LogP contribution < -0.4 is 24.8 Å². The Balaban J connectivity index is 1.13. The van der Waals surface area contributed by atoms with Gasteiger partial charge >= 0.3 is 0 Å². The van der Waals surface area contributed by atoms with Crippen LogP contribution in [0, 0.1) is 5.92 Å². The number of allylic oxidation sites excluding steroid dienone is 1. The highest BCUT2D eigenvalue weighted by Gasteiger charge is 2.62. The lowest BCUT2D eigenvalue weighted by Gasteiger charge is -2.30. The number of thiophene rings is 1. The fraction of sp³-hybridized carbons (Fsp3) is 0.425. The molecule has 3 amide bonds. The monoisotopic (exact) mass is 784 g/mol. The number of rotatable bonds is 9. The molecule has 3 fully saturated rings. The molecule has 4 aliphatic rings. The van der Waals surface area contributed by atoms with E-state index in [2.05, 4.69) is 15.4 Å². The Morgan fingerprint density at radius 1 is 1.00 bits per heavy atom. The number of hydrogen-bond donors (Lipinski definition) is 3. The predicted molar refractivity (Wildman–Crippen MR) is 209 cm³/mol. The molecule has 2 saturated carbocycles. The van der Waals surface area contributed by atoms with E-state index in [-0.39, 0.29) is 37.1 Å². The Bertz CT molecular complexity index is 2210. The van der Waals surface area contributed by atoms with Gasteiger partial charge in [-0.15, -0.1) is 11.3 Å². The number of carbonyl (C=O) groups excluding carboxylic acids is 3. The summed E-state index contributed by atoms with van der Waals surface area (Å²) in [4.78, 5) is 55.2. The van der Waals surface area contributed by atoms with Crippen LogP contribution in [0.4, 0.5) is 5.69 Å². The minimum atomic E-state index is -3.87. The summed E-state index contributed by atoms with van der Waals surface area (Å²) in [7, 11) is -2.28. The third-order valence-electron chi connectivity index (χ3n) is 10.8. The first-order valence-electron chi connectivity index (χ1n) is 18.9. The summed E-state index contributed by atoms with van der Waals surface area (Å²) in [6, 6.07) is 17.1. The quantitative estimate of drug-likeness (QED) is 0.192. The largest absolute Gasteiger partial charge is 0.497 e. The van der Waals surface area contributed by atoms with E-state index in [1.165, 1.54) is 11.3 Å². The molecule has 15 heteroatoms. The van der Waals surface area contributed by atoms with Crippen LogP contribution in [0.2, 0.25) is 0 Å². The lowest BCUT2D eigenvalue weighted by molar-refractivity contribution is -0.140. The van der Waals surface area contributed by atoms with Crippen molar-refractivity contribution >= 4 is 55.8 Å². The van der Waals surface area contributed by atoms with Gasteiger partial charge in [0, 0.05) is 24.1 Å². The second-order valence-electron chi connectivity index (χ2n) is 14.8. The zero-order valence-electron chi connectivity index (χ0n) is 30.5. The number of nitrogens with zero attached hydrogens (tertiary/aromatic N) is 3.